The van der Waals surface area contributed by atoms with Crippen molar-refractivity contribution in [2.75, 3.05) is 0 Å². The summed E-state index contributed by atoms with van der Waals surface area (Å²) >= 11 is 1.68. The molecule has 1 aromatic heterocycles. The molecule has 0 atom stereocenters. The van der Waals surface area contributed by atoms with Crippen LogP contribution in [0.4, 0.5) is 0 Å². The molecule has 1 heteroatoms. The summed E-state index contributed by atoms with van der Waals surface area (Å²) in [6.07, 6.45) is 2.42. The molecule has 0 fully saturated rings. The van der Waals surface area contributed by atoms with Crippen molar-refractivity contribution >= 4 is 11.3 Å². The fourth-order valence-electron chi connectivity index (χ4n) is 0.839. The van der Waals surface area contributed by atoms with Gasteiger partial charge in [0.05, 0.1) is 0 Å². The molecule has 0 saturated heterocycles. The normalized spacial score (nSPS) is 10.0. The minimum Gasteiger partial charge on any atom is -0.142 e. The molecule has 0 aliphatic rings. The van der Waals surface area contributed by atoms with Crippen molar-refractivity contribution in [2.24, 2.45) is 0 Å². The number of hydrogen-bond donors (Lipinski definition) is 0. The Bertz CT molecular complexity index is 176. The van der Waals surface area contributed by atoms with Gasteiger partial charge in [-0.2, -0.15) is 0 Å². The second-order valence-corrected chi connectivity index (χ2v) is 2.92. The van der Waals surface area contributed by atoms with E-state index in [0.29, 0.717) is 0 Å². The van der Waals surface area contributed by atoms with Crippen molar-refractivity contribution in [2.45, 2.75) is 26.7 Å². The maximum atomic E-state index is 3.25. The van der Waals surface area contributed by atoms with Crippen LogP contribution in [-0.2, 0) is 6.42 Å². The molecule has 1 radical (unpaired) electrons. The summed E-state index contributed by atoms with van der Waals surface area (Å²) in [7, 11) is 0. The predicted molar refractivity (Wildman–Crippen MR) is 41.9 cm³/mol. The van der Waals surface area contributed by atoms with Crippen LogP contribution in [-0.4, -0.2) is 0 Å². The molecule has 0 nitrogen and oxygen atoms in total. The highest BCUT2D eigenvalue weighted by Crippen LogP contribution is 2.13. The Morgan fingerprint density at radius 3 is 2.89 bits per heavy atom. The summed E-state index contributed by atoms with van der Waals surface area (Å²) in [6.45, 7) is 4.35. The van der Waals surface area contributed by atoms with Gasteiger partial charge in [-0.05, 0) is 29.9 Å². The molecular weight excluding hydrogens is 128 g/mol. The van der Waals surface area contributed by atoms with Gasteiger partial charge in [-0.3, -0.25) is 0 Å². The lowest BCUT2D eigenvalue weighted by molar-refractivity contribution is 0.917. The van der Waals surface area contributed by atoms with Crippen LogP contribution in [0.3, 0.4) is 0 Å². The van der Waals surface area contributed by atoms with Crippen molar-refractivity contribution < 1.29 is 0 Å². The van der Waals surface area contributed by atoms with Crippen LogP contribution < -0.4 is 0 Å². The summed E-state index contributed by atoms with van der Waals surface area (Å²) in [5, 5.41) is 5.41. The van der Waals surface area contributed by atoms with E-state index in [-0.39, 0.29) is 0 Å². The van der Waals surface area contributed by atoms with Crippen LogP contribution in [0.25, 0.3) is 0 Å². The lowest BCUT2D eigenvalue weighted by Gasteiger charge is -1.92. The van der Waals surface area contributed by atoms with E-state index < -0.39 is 0 Å². The average molecular weight is 139 g/mol. The van der Waals surface area contributed by atoms with Crippen LogP contribution in [0.2, 0.25) is 0 Å². The summed E-state index contributed by atoms with van der Waals surface area (Å²) in [4.78, 5) is 0. The van der Waals surface area contributed by atoms with Crippen LogP contribution in [0.1, 0.15) is 24.5 Å². The number of hydrogen-bond acceptors (Lipinski definition) is 1. The van der Waals surface area contributed by atoms with Gasteiger partial charge in [0.2, 0.25) is 0 Å². The van der Waals surface area contributed by atoms with Crippen LogP contribution in [0.15, 0.2) is 5.38 Å². The second kappa shape index (κ2) is 3.02. The first kappa shape index (κ1) is 6.81. The lowest BCUT2D eigenvalue weighted by atomic mass is 10.1. The minimum absolute atomic E-state index is 1.19. The summed E-state index contributed by atoms with van der Waals surface area (Å²) < 4.78 is 0. The smallest absolute Gasteiger partial charge is 0.0480 e. The van der Waals surface area contributed by atoms with Gasteiger partial charge in [-0.1, -0.05) is 13.3 Å². The summed E-state index contributed by atoms with van der Waals surface area (Å²) in [5.74, 6) is 0. The highest BCUT2D eigenvalue weighted by molar-refractivity contribution is 7.07. The van der Waals surface area contributed by atoms with Gasteiger partial charge in [0.1, 0.15) is 0 Å². The van der Waals surface area contributed by atoms with Crippen molar-refractivity contribution in [3.8, 4) is 0 Å². The molecule has 0 amide bonds. The molecule has 49 valence electrons. The van der Waals surface area contributed by atoms with E-state index in [0.717, 1.165) is 0 Å². The molecule has 0 N–H and O–H groups in total. The third-order valence-electron chi connectivity index (χ3n) is 1.39. The maximum absolute atomic E-state index is 3.25. The lowest BCUT2D eigenvalue weighted by Crippen LogP contribution is -1.80. The SMILES string of the molecule is CCCc1[c]scc1C. The zero-order valence-electron chi connectivity index (χ0n) is 5.90. The molecule has 1 aromatic rings. The molecule has 0 spiro atoms. The van der Waals surface area contributed by atoms with Gasteiger partial charge < -0.3 is 0 Å². The Morgan fingerprint density at radius 2 is 2.44 bits per heavy atom. The molecule has 0 aliphatic heterocycles. The van der Waals surface area contributed by atoms with Gasteiger partial charge in [0.15, 0.2) is 0 Å². The molecule has 0 bridgehead atoms. The second-order valence-electron chi connectivity index (χ2n) is 2.25. The zero-order valence-corrected chi connectivity index (χ0v) is 6.72. The van der Waals surface area contributed by atoms with Crippen LogP contribution in [0, 0.1) is 12.3 Å². The molecule has 0 aromatic carbocycles. The third-order valence-corrected chi connectivity index (χ3v) is 2.23. The zero-order chi connectivity index (χ0) is 6.69. The Labute approximate surface area is 60.5 Å². The van der Waals surface area contributed by atoms with Crippen LogP contribution >= 0.6 is 11.3 Å². The molecule has 0 saturated carbocycles. The first-order chi connectivity index (χ1) is 4.34. The molecular formula is C8H11S. The van der Waals surface area contributed by atoms with E-state index in [1.54, 1.807) is 11.3 Å². The van der Waals surface area contributed by atoms with E-state index in [4.69, 9.17) is 0 Å². The van der Waals surface area contributed by atoms with E-state index in [1.807, 2.05) is 0 Å². The van der Waals surface area contributed by atoms with Crippen molar-refractivity contribution in [3.63, 3.8) is 0 Å². The monoisotopic (exact) mass is 139 g/mol. The van der Waals surface area contributed by atoms with E-state index >= 15 is 0 Å². The third kappa shape index (κ3) is 1.55. The quantitative estimate of drug-likeness (QED) is 0.591. The van der Waals surface area contributed by atoms with Crippen LogP contribution in [0.5, 0.6) is 0 Å². The Kier molecular flexibility index (Phi) is 2.29. The van der Waals surface area contributed by atoms with Crippen molar-refractivity contribution in [1.29, 1.82) is 0 Å². The van der Waals surface area contributed by atoms with Gasteiger partial charge in [0, 0.05) is 5.38 Å². The number of thiophene rings is 1. The standard InChI is InChI=1S/C8H11S/c1-3-4-8-6-9-5-7(8)2/h5H,3-4H2,1-2H3. The molecule has 1 heterocycles. The van der Waals surface area contributed by atoms with E-state index in [1.165, 1.54) is 24.0 Å². The van der Waals surface area contributed by atoms with E-state index in [9.17, 15) is 0 Å². The molecule has 0 unspecified atom stereocenters. The van der Waals surface area contributed by atoms with Gasteiger partial charge >= 0.3 is 0 Å². The predicted octanol–water partition coefficient (Wildman–Crippen LogP) is 2.81. The fourth-order valence-corrected chi connectivity index (χ4v) is 1.62. The molecule has 0 aliphatic carbocycles. The van der Waals surface area contributed by atoms with Gasteiger partial charge in [-0.25, -0.2) is 0 Å². The topological polar surface area (TPSA) is 0 Å². The van der Waals surface area contributed by atoms with Gasteiger partial charge in [-0.15, -0.1) is 11.3 Å². The van der Waals surface area contributed by atoms with Gasteiger partial charge in [0.25, 0.3) is 0 Å². The summed E-state index contributed by atoms with van der Waals surface area (Å²) in [5.41, 5.74) is 2.81. The molecule has 9 heavy (non-hydrogen) atoms. The Balaban J connectivity index is 2.69. The highest BCUT2D eigenvalue weighted by Gasteiger charge is 1.95. The number of aryl methyl sites for hydroxylation is 2. The largest absolute Gasteiger partial charge is 0.142 e. The van der Waals surface area contributed by atoms with E-state index in [2.05, 4.69) is 24.6 Å². The first-order valence-corrected chi connectivity index (χ1v) is 4.17. The number of rotatable bonds is 2. The fraction of sp³-hybridized carbons (Fsp3) is 0.500. The Hall–Kier alpha value is -0.300. The average Bonchev–Trinajstić information content (AvgIpc) is 2.18. The summed E-state index contributed by atoms with van der Waals surface area (Å²) in [6, 6.07) is 0. The van der Waals surface area contributed by atoms with Crippen molar-refractivity contribution in [3.05, 3.63) is 21.9 Å². The molecule has 1 rings (SSSR count). The first-order valence-electron chi connectivity index (χ1n) is 3.29. The maximum Gasteiger partial charge on any atom is 0.0480 e. The highest BCUT2D eigenvalue weighted by atomic mass is 32.1. The minimum atomic E-state index is 1.19. The Morgan fingerprint density at radius 1 is 1.67 bits per heavy atom. The van der Waals surface area contributed by atoms with Crippen molar-refractivity contribution in [1.82, 2.24) is 0 Å².